The van der Waals surface area contributed by atoms with Crippen molar-refractivity contribution in [3.05, 3.63) is 35.6 Å². The number of amides is 1. The van der Waals surface area contributed by atoms with Crippen molar-refractivity contribution in [2.45, 2.75) is 20.3 Å². The van der Waals surface area contributed by atoms with Gasteiger partial charge in [-0.3, -0.25) is 4.79 Å². The van der Waals surface area contributed by atoms with E-state index in [-0.39, 0.29) is 11.7 Å². The van der Waals surface area contributed by atoms with E-state index in [4.69, 9.17) is 5.26 Å². The first-order valence-electron chi connectivity index (χ1n) is 5.78. The van der Waals surface area contributed by atoms with Crippen LogP contribution in [0.3, 0.4) is 0 Å². The second kappa shape index (κ2) is 5.63. The Morgan fingerprint density at radius 2 is 1.94 bits per heavy atom. The van der Waals surface area contributed by atoms with Gasteiger partial charge in [0.25, 0.3) is 0 Å². The van der Waals surface area contributed by atoms with E-state index >= 15 is 0 Å². The largest absolute Gasteiger partial charge is 0.344 e. The molecule has 1 aromatic rings. The standard InChI is InChI=1S/C14H17FN2O/c1-14(2,10-16)13(18)17(3)9-8-11-4-6-12(15)7-5-11/h4-7H,8-9H2,1-3H3. The highest BCUT2D eigenvalue weighted by Crippen LogP contribution is 2.16. The topological polar surface area (TPSA) is 44.1 Å². The third kappa shape index (κ3) is 3.56. The lowest BCUT2D eigenvalue weighted by Gasteiger charge is -2.23. The molecule has 0 spiro atoms. The summed E-state index contributed by atoms with van der Waals surface area (Å²) < 4.78 is 12.7. The molecule has 0 aliphatic carbocycles. The van der Waals surface area contributed by atoms with Crippen LogP contribution in [0.2, 0.25) is 0 Å². The Labute approximate surface area is 107 Å². The van der Waals surface area contributed by atoms with Crippen LogP contribution in [0.15, 0.2) is 24.3 Å². The molecule has 4 heteroatoms. The van der Waals surface area contributed by atoms with Crippen LogP contribution in [-0.2, 0) is 11.2 Å². The van der Waals surface area contributed by atoms with Gasteiger partial charge in [-0.1, -0.05) is 12.1 Å². The normalized spacial score (nSPS) is 10.8. The molecule has 0 heterocycles. The van der Waals surface area contributed by atoms with Crippen molar-refractivity contribution in [2.24, 2.45) is 5.41 Å². The summed E-state index contributed by atoms with van der Waals surface area (Å²) in [7, 11) is 1.67. The molecule has 0 aliphatic heterocycles. The van der Waals surface area contributed by atoms with E-state index in [0.717, 1.165) is 5.56 Å². The Hall–Kier alpha value is -1.89. The molecule has 1 rings (SSSR count). The lowest BCUT2D eigenvalue weighted by molar-refractivity contribution is -0.136. The monoisotopic (exact) mass is 248 g/mol. The van der Waals surface area contributed by atoms with E-state index in [1.165, 1.54) is 17.0 Å². The predicted octanol–water partition coefficient (Wildman–Crippen LogP) is 2.38. The van der Waals surface area contributed by atoms with Gasteiger partial charge in [-0.15, -0.1) is 0 Å². The smallest absolute Gasteiger partial charge is 0.242 e. The quantitative estimate of drug-likeness (QED) is 0.821. The van der Waals surface area contributed by atoms with Crippen LogP contribution in [-0.4, -0.2) is 24.4 Å². The summed E-state index contributed by atoms with van der Waals surface area (Å²) in [5.74, 6) is -0.471. The number of nitrogens with zero attached hydrogens (tertiary/aromatic N) is 2. The van der Waals surface area contributed by atoms with Gasteiger partial charge < -0.3 is 4.90 Å². The van der Waals surface area contributed by atoms with Crippen LogP contribution in [0.4, 0.5) is 4.39 Å². The average Bonchev–Trinajstić information content (AvgIpc) is 2.36. The molecule has 18 heavy (non-hydrogen) atoms. The van der Waals surface area contributed by atoms with Gasteiger partial charge in [-0.2, -0.15) is 5.26 Å². The Kier molecular flexibility index (Phi) is 4.43. The third-order valence-electron chi connectivity index (χ3n) is 2.81. The average molecular weight is 248 g/mol. The number of likely N-dealkylation sites (N-methyl/N-ethyl adjacent to an activating group) is 1. The van der Waals surface area contributed by atoms with Gasteiger partial charge in [-0.25, -0.2) is 4.39 Å². The van der Waals surface area contributed by atoms with Gasteiger partial charge in [-0.05, 0) is 38.0 Å². The third-order valence-corrected chi connectivity index (χ3v) is 2.81. The molecule has 96 valence electrons. The summed E-state index contributed by atoms with van der Waals surface area (Å²) in [6.45, 7) is 3.71. The minimum Gasteiger partial charge on any atom is -0.344 e. The number of benzene rings is 1. The van der Waals surface area contributed by atoms with Gasteiger partial charge in [0.05, 0.1) is 6.07 Å². The minimum atomic E-state index is -1.00. The number of carbonyl (C=O) groups excluding carboxylic acids is 1. The summed E-state index contributed by atoms with van der Waals surface area (Å²) in [5, 5.41) is 8.89. The van der Waals surface area contributed by atoms with Crippen LogP contribution >= 0.6 is 0 Å². The molecular formula is C14H17FN2O. The van der Waals surface area contributed by atoms with Crippen molar-refractivity contribution in [1.82, 2.24) is 4.90 Å². The molecular weight excluding hydrogens is 231 g/mol. The van der Waals surface area contributed by atoms with Crippen LogP contribution in [0.5, 0.6) is 0 Å². The molecule has 3 nitrogen and oxygen atoms in total. The zero-order chi connectivity index (χ0) is 13.8. The van der Waals surface area contributed by atoms with E-state index in [1.54, 1.807) is 33.0 Å². The fraction of sp³-hybridized carbons (Fsp3) is 0.429. The molecule has 1 amide bonds. The number of hydrogen-bond donors (Lipinski definition) is 0. The Morgan fingerprint density at radius 1 is 1.39 bits per heavy atom. The molecule has 0 unspecified atom stereocenters. The van der Waals surface area contributed by atoms with Crippen molar-refractivity contribution in [1.29, 1.82) is 5.26 Å². The maximum atomic E-state index is 12.7. The Morgan fingerprint density at radius 3 is 2.44 bits per heavy atom. The van der Waals surface area contributed by atoms with E-state index in [0.29, 0.717) is 13.0 Å². The molecule has 0 saturated heterocycles. The predicted molar refractivity (Wildman–Crippen MR) is 67.1 cm³/mol. The molecule has 0 aliphatic rings. The van der Waals surface area contributed by atoms with Crippen LogP contribution < -0.4 is 0 Å². The SMILES string of the molecule is CN(CCc1ccc(F)cc1)C(=O)C(C)(C)C#N. The Bertz CT molecular complexity index is 460. The number of rotatable bonds is 4. The number of carbonyl (C=O) groups is 1. The van der Waals surface area contributed by atoms with Crippen LogP contribution in [0.1, 0.15) is 19.4 Å². The molecule has 0 aromatic heterocycles. The summed E-state index contributed by atoms with van der Waals surface area (Å²) in [4.78, 5) is 13.4. The molecule has 0 radical (unpaired) electrons. The van der Waals surface area contributed by atoms with E-state index in [9.17, 15) is 9.18 Å². The van der Waals surface area contributed by atoms with Gasteiger partial charge in [0.15, 0.2) is 0 Å². The highest BCUT2D eigenvalue weighted by atomic mass is 19.1. The van der Waals surface area contributed by atoms with Gasteiger partial charge in [0.2, 0.25) is 5.91 Å². The van der Waals surface area contributed by atoms with Gasteiger partial charge in [0.1, 0.15) is 11.2 Å². The number of nitriles is 1. The summed E-state index contributed by atoms with van der Waals surface area (Å²) in [5.41, 5.74) is -0.0387. The van der Waals surface area contributed by atoms with Gasteiger partial charge >= 0.3 is 0 Å². The fourth-order valence-corrected chi connectivity index (χ4v) is 1.57. The Balaban J connectivity index is 2.57. The zero-order valence-corrected chi connectivity index (χ0v) is 10.9. The zero-order valence-electron chi connectivity index (χ0n) is 10.9. The van der Waals surface area contributed by atoms with Crippen molar-refractivity contribution in [2.75, 3.05) is 13.6 Å². The van der Waals surface area contributed by atoms with Crippen molar-refractivity contribution in [3.8, 4) is 6.07 Å². The van der Waals surface area contributed by atoms with Crippen LogP contribution in [0.25, 0.3) is 0 Å². The lowest BCUT2D eigenvalue weighted by atomic mass is 9.94. The van der Waals surface area contributed by atoms with E-state index in [1.807, 2.05) is 6.07 Å². The van der Waals surface area contributed by atoms with Crippen molar-refractivity contribution in [3.63, 3.8) is 0 Å². The second-order valence-electron chi connectivity index (χ2n) is 4.84. The summed E-state index contributed by atoms with van der Waals surface area (Å²) in [6.07, 6.45) is 0.643. The molecule has 0 bridgehead atoms. The first kappa shape index (κ1) is 14.2. The minimum absolute atomic E-state index is 0.202. The summed E-state index contributed by atoms with van der Waals surface area (Å²) >= 11 is 0. The highest BCUT2D eigenvalue weighted by molar-refractivity contribution is 5.84. The number of halogens is 1. The van der Waals surface area contributed by atoms with Crippen molar-refractivity contribution < 1.29 is 9.18 Å². The van der Waals surface area contributed by atoms with Crippen LogP contribution in [0, 0.1) is 22.6 Å². The molecule has 0 N–H and O–H groups in total. The molecule has 0 fully saturated rings. The van der Waals surface area contributed by atoms with E-state index in [2.05, 4.69) is 0 Å². The molecule has 0 atom stereocenters. The van der Waals surface area contributed by atoms with E-state index < -0.39 is 5.41 Å². The number of hydrogen-bond acceptors (Lipinski definition) is 2. The summed E-state index contributed by atoms with van der Waals surface area (Å²) in [6, 6.07) is 8.18. The molecule has 1 aromatic carbocycles. The maximum absolute atomic E-state index is 12.7. The maximum Gasteiger partial charge on any atom is 0.242 e. The first-order valence-corrected chi connectivity index (χ1v) is 5.78. The fourth-order valence-electron chi connectivity index (χ4n) is 1.57. The lowest BCUT2D eigenvalue weighted by Crippen LogP contribution is -2.38. The second-order valence-corrected chi connectivity index (χ2v) is 4.84. The van der Waals surface area contributed by atoms with Crippen molar-refractivity contribution >= 4 is 5.91 Å². The highest BCUT2D eigenvalue weighted by Gasteiger charge is 2.29. The molecule has 0 saturated carbocycles. The van der Waals surface area contributed by atoms with Gasteiger partial charge in [0, 0.05) is 13.6 Å². The first-order chi connectivity index (χ1) is 8.36.